The summed E-state index contributed by atoms with van der Waals surface area (Å²) in [5.74, 6) is 1.63. The minimum atomic E-state index is -0.271. The molecule has 0 spiro atoms. The highest BCUT2D eigenvalue weighted by molar-refractivity contribution is 9.10. The fraction of sp³-hybridized carbons (Fsp3) is 0.286. The molecule has 6 nitrogen and oxygen atoms in total. The summed E-state index contributed by atoms with van der Waals surface area (Å²) in [7, 11) is 1.88. The predicted octanol–water partition coefficient (Wildman–Crippen LogP) is 5.07. The van der Waals surface area contributed by atoms with E-state index in [1.165, 1.54) is 17.3 Å². The molecule has 8 heteroatoms. The molecule has 1 unspecified atom stereocenters. The standard InChI is InChI=1S/C21H23BrN4O2S/c1-13-5-10-18(14(2)11-13)23-19(27)12-29-21-25-24-20(26(21)4)15(3)28-17-8-6-16(22)7-9-17/h5-11,15H,12H2,1-4H3,(H,23,27). The molecule has 0 fully saturated rings. The van der Waals surface area contributed by atoms with Gasteiger partial charge in [-0.1, -0.05) is 45.4 Å². The van der Waals surface area contributed by atoms with Crippen molar-refractivity contribution in [1.29, 1.82) is 0 Å². The number of nitrogens with one attached hydrogen (secondary N) is 1. The smallest absolute Gasteiger partial charge is 0.234 e. The molecule has 0 radical (unpaired) electrons. The van der Waals surface area contributed by atoms with Gasteiger partial charge in [0.2, 0.25) is 5.91 Å². The summed E-state index contributed by atoms with van der Waals surface area (Å²) < 4.78 is 8.80. The minimum Gasteiger partial charge on any atom is -0.483 e. The van der Waals surface area contributed by atoms with Crippen LogP contribution in [0.4, 0.5) is 5.69 Å². The molecular formula is C21H23BrN4O2S. The van der Waals surface area contributed by atoms with Crippen LogP contribution in [0.1, 0.15) is 30.0 Å². The Morgan fingerprint density at radius 2 is 1.93 bits per heavy atom. The van der Waals surface area contributed by atoms with Crippen molar-refractivity contribution < 1.29 is 9.53 Å². The van der Waals surface area contributed by atoms with Crippen LogP contribution in [0.2, 0.25) is 0 Å². The van der Waals surface area contributed by atoms with Gasteiger partial charge >= 0.3 is 0 Å². The Labute approximate surface area is 183 Å². The number of hydrogen-bond donors (Lipinski definition) is 1. The lowest BCUT2D eigenvalue weighted by Crippen LogP contribution is -2.15. The maximum Gasteiger partial charge on any atom is 0.234 e. The third-order valence-corrected chi connectivity index (χ3v) is 5.90. The van der Waals surface area contributed by atoms with Crippen LogP contribution in [0.15, 0.2) is 52.1 Å². The van der Waals surface area contributed by atoms with Crippen molar-refractivity contribution in [2.24, 2.45) is 7.05 Å². The van der Waals surface area contributed by atoms with E-state index in [-0.39, 0.29) is 17.8 Å². The lowest BCUT2D eigenvalue weighted by Gasteiger charge is -2.14. The fourth-order valence-electron chi connectivity index (χ4n) is 2.85. The normalized spacial score (nSPS) is 11.9. The Hall–Kier alpha value is -2.32. The zero-order valence-corrected chi connectivity index (χ0v) is 19.2. The van der Waals surface area contributed by atoms with E-state index < -0.39 is 0 Å². The average molecular weight is 475 g/mol. The molecule has 0 aliphatic carbocycles. The number of anilines is 1. The largest absolute Gasteiger partial charge is 0.483 e. The number of hydrogen-bond acceptors (Lipinski definition) is 5. The van der Waals surface area contributed by atoms with Crippen molar-refractivity contribution in [3.8, 4) is 5.75 Å². The highest BCUT2D eigenvalue weighted by Crippen LogP contribution is 2.25. The molecule has 2 aromatic carbocycles. The number of carbonyl (C=O) groups excluding carboxylic acids is 1. The van der Waals surface area contributed by atoms with Gasteiger partial charge in [0.1, 0.15) is 5.75 Å². The summed E-state index contributed by atoms with van der Waals surface area (Å²) in [5.41, 5.74) is 3.04. The van der Waals surface area contributed by atoms with Crippen LogP contribution in [0.25, 0.3) is 0 Å². The molecule has 0 saturated heterocycles. The summed E-state index contributed by atoms with van der Waals surface area (Å²) in [4.78, 5) is 12.3. The van der Waals surface area contributed by atoms with Crippen LogP contribution in [-0.2, 0) is 11.8 Å². The van der Waals surface area contributed by atoms with Gasteiger partial charge < -0.3 is 14.6 Å². The van der Waals surface area contributed by atoms with Crippen molar-refractivity contribution in [3.05, 3.63) is 63.9 Å². The maximum absolute atomic E-state index is 12.3. The van der Waals surface area contributed by atoms with E-state index in [2.05, 4.69) is 31.4 Å². The average Bonchev–Trinajstić information content (AvgIpc) is 3.05. The first kappa shape index (κ1) is 21.4. The first-order valence-corrected chi connectivity index (χ1v) is 10.9. The summed E-state index contributed by atoms with van der Waals surface area (Å²) in [6, 6.07) is 13.6. The van der Waals surface area contributed by atoms with Crippen molar-refractivity contribution in [1.82, 2.24) is 14.8 Å². The van der Waals surface area contributed by atoms with E-state index in [0.29, 0.717) is 11.0 Å². The van der Waals surface area contributed by atoms with Crippen LogP contribution in [0, 0.1) is 13.8 Å². The molecule has 0 bridgehead atoms. The number of halogens is 1. The molecule has 3 aromatic rings. The van der Waals surface area contributed by atoms with E-state index in [4.69, 9.17) is 4.74 Å². The molecule has 1 amide bonds. The van der Waals surface area contributed by atoms with Gasteiger partial charge in [0.15, 0.2) is 17.1 Å². The number of aromatic nitrogens is 3. The monoisotopic (exact) mass is 474 g/mol. The van der Waals surface area contributed by atoms with Crippen LogP contribution in [0.5, 0.6) is 5.75 Å². The van der Waals surface area contributed by atoms with Crippen molar-refractivity contribution >= 4 is 39.3 Å². The zero-order valence-electron chi connectivity index (χ0n) is 16.8. The maximum atomic E-state index is 12.3. The zero-order chi connectivity index (χ0) is 21.0. The Morgan fingerprint density at radius 1 is 1.21 bits per heavy atom. The van der Waals surface area contributed by atoms with Crippen molar-refractivity contribution in [2.75, 3.05) is 11.1 Å². The van der Waals surface area contributed by atoms with Gasteiger partial charge in [-0.25, -0.2) is 0 Å². The molecule has 1 aromatic heterocycles. The van der Waals surface area contributed by atoms with Crippen LogP contribution >= 0.6 is 27.7 Å². The second kappa shape index (κ2) is 9.45. The van der Waals surface area contributed by atoms with Crippen molar-refractivity contribution in [3.63, 3.8) is 0 Å². The van der Waals surface area contributed by atoms with Crippen LogP contribution in [0.3, 0.4) is 0 Å². The molecule has 0 aliphatic rings. The Bertz CT molecular complexity index is 1000. The quantitative estimate of drug-likeness (QED) is 0.484. The SMILES string of the molecule is Cc1ccc(NC(=O)CSc2nnc(C(C)Oc3ccc(Br)cc3)n2C)c(C)c1. The van der Waals surface area contributed by atoms with E-state index in [9.17, 15) is 4.79 Å². The van der Waals surface area contributed by atoms with E-state index >= 15 is 0 Å². The van der Waals surface area contributed by atoms with Gasteiger partial charge in [0.25, 0.3) is 0 Å². The van der Waals surface area contributed by atoms with Gasteiger partial charge in [0.05, 0.1) is 5.75 Å². The van der Waals surface area contributed by atoms with Gasteiger partial charge in [0, 0.05) is 17.2 Å². The first-order valence-electron chi connectivity index (χ1n) is 9.15. The summed E-state index contributed by atoms with van der Waals surface area (Å²) in [6.45, 7) is 5.94. The number of aryl methyl sites for hydroxylation is 2. The Kier molecular flexibility index (Phi) is 6.97. The number of amides is 1. The van der Waals surface area contributed by atoms with Crippen molar-refractivity contribution in [2.45, 2.75) is 32.0 Å². The lowest BCUT2D eigenvalue weighted by molar-refractivity contribution is -0.113. The molecular weight excluding hydrogens is 452 g/mol. The minimum absolute atomic E-state index is 0.0781. The van der Waals surface area contributed by atoms with Gasteiger partial charge in [-0.2, -0.15) is 0 Å². The summed E-state index contributed by atoms with van der Waals surface area (Å²) in [5, 5.41) is 12.1. The second-order valence-corrected chi connectivity index (χ2v) is 8.63. The van der Waals surface area contributed by atoms with Gasteiger partial charge in [-0.3, -0.25) is 4.79 Å². The predicted molar refractivity (Wildman–Crippen MR) is 119 cm³/mol. The number of nitrogens with zero attached hydrogens (tertiary/aromatic N) is 3. The Morgan fingerprint density at radius 3 is 2.62 bits per heavy atom. The van der Waals surface area contributed by atoms with E-state index in [0.717, 1.165) is 21.5 Å². The highest BCUT2D eigenvalue weighted by atomic mass is 79.9. The molecule has 1 N–H and O–H groups in total. The summed E-state index contributed by atoms with van der Waals surface area (Å²) >= 11 is 4.76. The van der Waals surface area contributed by atoms with E-state index in [1.54, 1.807) is 0 Å². The summed E-state index contributed by atoms with van der Waals surface area (Å²) in [6.07, 6.45) is -0.271. The molecule has 29 heavy (non-hydrogen) atoms. The lowest BCUT2D eigenvalue weighted by atomic mass is 10.1. The number of rotatable bonds is 7. The van der Waals surface area contributed by atoms with E-state index in [1.807, 2.05) is 74.9 Å². The second-order valence-electron chi connectivity index (χ2n) is 6.77. The highest BCUT2D eigenvalue weighted by Gasteiger charge is 2.18. The third kappa shape index (κ3) is 5.61. The number of ether oxygens (including phenoxy) is 1. The first-order chi connectivity index (χ1) is 13.8. The molecule has 0 saturated carbocycles. The topological polar surface area (TPSA) is 69.0 Å². The number of carbonyl (C=O) groups is 1. The van der Waals surface area contributed by atoms with Crippen LogP contribution in [-0.4, -0.2) is 26.4 Å². The number of benzene rings is 2. The fourth-order valence-corrected chi connectivity index (χ4v) is 3.83. The molecule has 152 valence electrons. The van der Waals surface area contributed by atoms with Gasteiger partial charge in [-0.05, 0) is 56.7 Å². The molecule has 3 rings (SSSR count). The molecule has 1 heterocycles. The molecule has 1 atom stereocenters. The van der Waals surface area contributed by atoms with Crippen LogP contribution < -0.4 is 10.1 Å². The molecule has 0 aliphatic heterocycles. The van der Waals surface area contributed by atoms with Gasteiger partial charge in [-0.15, -0.1) is 10.2 Å². The number of thioether (sulfide) groups is 1. The third-order valence-electron chi connectivity index (χ3n) is 4.35. The Balaban J connectivity index is 1.58.